The van der Waals surface area contributed by atoms with Crippen molar-refractivity contribution >= 4 is 11.9 Å². The Balaban J connectivity index is 2.13. The van der Waals surface area contributed by atoms with Gasteiger partial charge >= 0.3 is 11.9 Å². The van der Waals surface area contributed by atoms with Gasteiger partial charge in [0.1, 0.15) is 11.7 Å². The minimum Gasteiger partial charge on any atom is -0.459 e. The Morgan fingerprint density at radius 2 is 1.39 bits per heavy atom. The summed E-state index contributed by atoms with van der Waals surface area (Å²) in [6, 6.07) is 18.0. The number of benzene rings is 2. The molecule has 0 radical (unpaired) electrons. The van der Waals surface area contributed by atoms with Gasteiger partial charge in [-0.25, -0.2) is 9.59 Å². The molecule has 0 saturated carbocycles. The summed E-state index contributed by atoms with van der Waals surface area (Å²) in [6.45, 7) is 6.06. The first kappa shape index (κ1) is 21.7. The molecule has 2 aromatic rings. The molecule has 0 heterocycles. The Kier molecular flexibility index (Phi) is 8.24. The Bertz CT molecular complexity index is 742. The van der Waals surface area contributed by atoms with Crippen molar-refractivity contribution < 1.29 is 19.1 Å². The minimum atomic E-state index is -0.653. The average Bonchev–Trinajstić information content (AvgIpc) is 2.74. The monoisotopic (exact) mass is 382 g/mol. The van der Waals surface area contributed by atoms with Crippen LogP contribution in [0.1, 0.15) is 73.6 Å². The zero-order valence-electron chi connectivity index (χ0n) is 17.0. The summed E-state index contributed by atoms with van der Waals surface area (Å²) in [5.74, 6) is -0.677. The van der Waals surface area contributed by atoms with Crippen LogP contribution in [0.3, 0.4) is 0 Å². The van der Waals surface area contributed by atoms with Crippen LogP contribution in [0.25, 0.3) is 0 Å². The van der Waals surface area contributed by atoms with Gasteiger partial charge in [0.25, 0.3) is 0 Å². The molecule has 0 aliphatic carbocycles. The Morgan fingerprint density at radius 1 is 0.857 bits per heavy atom. The van der Waals surface area contributed by atoms with Gasteiger partial charge in [-0.1, -0.05) is 63.6 Å². The maximum Gasteiger partial charge on any atom is 0.338 e. The third-order valence-electron chi connectivity index (χ3n) is 5.01. The van der Waals surface area contributed by atoms with Gasteiger partial charge in [-0.05, 0) is 43.5 Å². The van der Waals surface area contributed by atoms with E-state index in [0.717, 1.165) is 12.8 Å². The second kappa shape index (κ2) is 10.6. The number of carbonyl (C=O) groups excluding carboxylic acids is 2. The molecule has 150 valence electrons. The van der Waals surface area contributed by atoms with Crippen molar-refractivity contribution in [2.24, 2.45) is 0 Å². The van der Waals surface area contributed by atoms with Crippen LogP contribution in [0, 0.1) is 0 Å². The lowest BCUT2D eigenvalue weighted by atomic mass is 9.87. The average molecular weight is 383 g/mol. The lowest BCUT2D eigenvalue weighted by Crippen LogP contribution is -2.39. The third kappa shape index (κ3) is 5.95. The molecule has 0 fully saturated rings. The summed E-state index contributed by atoms with van der Waals surface area (Å²) in [6.07, 6.45) is 3.10. The van der Waals surface area contributed by atoms with Gasteiger partial charge in [0.05, 0.1) is 11.1 Å². The summed E-state index contributed by atoms with van der Waals surface area (Å²) in [7, 11) is 0. The smallest absolute Gasteiger partial charge is 0.338 e. The van der Waals surface area contributed by atoms with Crippen molar-refractivity contribution in [2.75, 3.05) is 0 Å². The van der Waals surface area contributed by atoms with E-state index < -0.39 is 5.60 Å². The summed E-state index contributed by atoms with van der Waals surface area (Å²) >= 11 is 0. The van der Waals surface area contributed by atoms with E-state index >= 15 is 0 Å². The molecule has 0 bridgehead atoms. The molecule has 0 amide bonds. The second-order valence-corrected chi connectivity index (χ2v) is 7.05. The van der Waals surface area contributed by atoms with Gasteiger partial charge in [0.15, 0.2) is 0 Å². The molecular formula is C24H30O4. The van der Waals surface area contributed by atoms with E-state index in [0.29, 0.717) is 30.4 Å². The first-order chi connectivity index (χ1) is 13.5. The molecule has 0 spiro atoms. The van der Waals surface area contributed by atoms with Crippen molar-refractivity contribution in [3.05, 3.63) is 71.8 Å². The van der Waals surface area contributed by atoms with E-state index in [2.05, 4.69) is 6.92 Å². The zero-order chi connectivity index (χ0) is 20.4. The fourth-order valence-corrected chi connectivity index (χ4v) is 3.35. The number of ether oxygens (including phenoxy) is 2. The Morgan fingerprint density at radius 3 is 1.86 bits per heavy atom. The Labute approximate surface area is 167 Å². The minimum absolute atomic E-state index is 0.317. The molecule has 2 unspecified atom stereocenters. The lowest BCUT2D eigenvalue weighted by Gasteiger charge is -2.35. The summed E-state index contributed by atoms with van der Waals surface area (Å²) in [5, 5.41) is 0. The van der Waals surface area contributed by atoms with Gasteiger partial charge in [-0.3, -0.25) is 0 Å². The van der Waals surface area contributed by atoms with Gasteiger partial charge in [-0.2, -0.15) is 0 Å². The van der Waals surface area contributed by atoms with E-state index in [9.17, 15) is 9.59 Å². The molecule has 4 nitrogen and oxygen atoms in total. The molecule has 0 aliphatic rings. The van der Waals surface area contributed by atoms with Gasteiger partial charge in [0.2, 0.25) is 0 Å². The highest BCUT2D eigenvalue weighted by molar-refractivity contribution is 5.90. The first-order valence-electron chi connectivity index (χ1n) is 10.1. The Hall–Kier alpha value is -2.62. The normalized spacial score (nSPS) is 14.0. The van der Waals surface area contributed by atoms with Crippen molar-refractivity contribution in [2.45, 2.75) is 64.6 Å². The van der Waals surface area contributed by atoms with Gasteiger partial charge in [0, 0.05) is 6.42 Å². The number of rotatable bonds is 10. The van der Waals surface area contributed by atoms with E-state index in [1.165, 1.54) is 0 Å². The molecule has 0 aliphatic heterocycles. The van der Waals surface area contributed by atoms with E-state index in [1.807, 2.05) is 50.2 Å². The van der Waals surface area contributed by atoms with Crippen molar-refractivity contribution in [3.8, 4) is 0 Å². The predicted octanol–water partition coefficient (Wildman–Crippen LogP) is 5.82. The predicted molar refractivity (Wildman–Crippen MR) is 110 cm³/mol. The zero-order valence-corrected chi connectivity index (χ0v) is 17.0. The highest BCUT2D eigenvalue weighted by Crippen LogP contribution is 2.31. The molecule has 2 aromatic carbocycles. The SMILES string of the molecule is CCCC(CC)(CC(CC)OC(=O)c1ccccc1)OC(=O)c1ccccc1. The molecule has 0 N–H and O–H groups in total. The lowest BCUT2D eigenvalue weighted by molar-refractivity contribution is -0.0559. The fraction of sp³-hybridized carbons (Fsp3) is 0.417. The molecule has 0 aromatic heterocycles. The highest BCUT2D eigenvalue weighted by atomic mass is 16.6. The molecular weight excluding hydrogens is 352 g/mol. The van der Waals surface area contributed by atoms with Gasteiger partial charge < -0.3 is 9.47 Å². The summed E-state index contributed by atoms with van der Waals surface area (Å²) in [4.78, 5) is 25.1. The molecule has 0 saturated heterocycles. The summed E-state index contributed by atoms with van der Waals surface area (Å²) < 4.78 is 11.7. The third-order valence-corrected chi connectivity index (χ3v) is 5.01. The van der Waals surface area contributed by atoms with Crippen molar-refractivity contribution in [3.63, 3.8) is 0 Å². The van der Waals surface area contributed by atoms with Crippen LogP contribution in [0.15, 0.2) is 60.7 Å². The van der Waals surface area contributed by atoms with Crippen LogP contribution in [-0.2, 0) is 9.47 Å². The summed E-state index contributed by atoms with van der Waals surface area (Å²) in [5.41, 5.74) is 0.407. The quantitative estimate of drug-likeness (QED) is 0.486. The van der Waals surface area contributed by atoms with Crippen LogP contribution in [0.2, 0.25) is 0 Å². The maximum absolute atomic E-state index is 12.7. The molecule has 28 heavy (non-hydrogen) atoms. The largest absolute Gasteiger partial charge is 0.459 e. The van der Waals surface area contributed by atoms with E-state index in [-0.39, 0.29) is 18.0 Å². The molecule has 2 rings (SSSR count). The van der Waals surface area contributed by atoms with E-state index in [1.54, 1.807) is 24.3 Å². The molecule has 2 atom stereocenters. The topological polar surface area (TPSA) is 52.6 Å². The fourth-order valence-electron chi connectivity index (χ4n) is 3.35. The highest BCUT2D eigenvalue weighted by Gasteiger charge is 2.36. The van der Waals surface area contributed by atoms with Crippen molar-refractivity contribution in [1.29, 1.82) is 0 Å². The van der Waals surface area contributed by atoms with Crippen LogP contribution in [0.4, 0.5) is 0 Å². The van der Waals surface area contributed by atoms with Crippen LogP contribution < -0.4 is 0 Å². The standard InChI is InChI=1S/C24H30O4/c1-4-17-24(6-3,28-23(26)20-15-11-8-12-16-20)18-21(5-2)27-22(25)19-13-9-7-10-14-19/h7-16,21H,4-6,17-18H2,1-3H3. The van der Waals surface area contributed by atoms with Crippen LogP contribution in [0.5, 0.6) is 0 Å². The second-order valence-electron chi connectivity index (χ2n) is 7.05. The van der Waals surface area contributed by atoms with Crippen LogP contribution >= 0.6 is 0 Å². The van der Waals surface area contributed by atoms with Crippen LogP contribution in [-0.4, -0.2) is 23.6 Å². The van der Waals surface area contributed by atoms with Gasteiger partial charge in [-0.15, -0.1) is 0 Å². The van der Waals surface area contributed by atoms with Crippen molar-refractivity contribution in [1.82, 2.24) is 0 Å². The number of hydrogen-bond donors (Lipinski definition) is 0. The maximum atomic E-state index is 12.7. The number of carbonyl (C=O) groups is 2. The molecule has 4 heteroatoms. The number of esters is 2. The first-order valence-corrected chi connectivity index (χ1v) is 10.1. The number of hydrogen-bond acceptors (Lipinski definition) is 4. The van der Waals surface area contributed by atoms with E-state index in [4.69, 9.17) is 9.47 Å².